The molecule has 0 saturated carbocycles. The van der Waals surface area contributed by atoms with Crippen LogP contribution in [-0.2, 0) is 4.74 Å². The minimum absolute atomic E-state index is 0.448. The Morgan fingerprint density at radius 2 is 2.12 bits per heavy atom. The second-order valence-electron chi connectivity index (χ2n) is 4.97. The minimum atomic E-state index is 0.448. The SMILES string of the molecule is C=C(CC1CCCCO1)CN1CCNCC1. The van der Waals surface area contributed by atoms with E-state index in [0.29, 0.717) is 6.10 Å². The van der Waals surface area contributed by atoms with Crippen molar-refractivity contribution in [2.75, 3.05) is 39.3 Å². The molecule has 0 aromatic carbocycles. The minimum Gasteiger partial charge on any atom is -0.378 e. The summed E-state index contributed by atoms with van der Waals surface area (Å²) in [5.41, 5.74) is 1.34. The van der Waals surface area contributed by atoms with Gasteiger partial charge in [-0.05, 0) is 25.7 Å². The first-order valence-corrected chi connectivity index (χ1v) is 6.56. The zero-order valence-corrected chi connectivity index (χ0v) is 10.2. The maximum Gasteiger partial charge on any atom is 0.0612 e. The van der Waals surface area contributed by atoms with E-state index < -0.39 is 0 Å². The van der Waals surface area contributed by atoms with E-state index in [1.54, 1.807) is 0 Å². The topological polar surface area (TPSA) is 24.5 Å². The molecule has 16 heavy (non-hydrogen) atoms. The third kappa shape index (κ3) is 3.89. The van der Waals surface area contributed by atoms with Crippen LogP contribution in [0.25, 0.3) is 0 Å². The van der Waals surface area contributed by atoms with Gasteiger partial charge in [0.15, 0.2) is 0 Å². The summed E-state index contributed by atoms with van der Waals surface area (Å²) < 4.78 is 5.75. The van der Waals surface area contributed by atoms with E-state index >= 15 is 0 Å². The Bertz CT molecular complexity index is 196. The maximum atomic E-state index is 5.75. The molecule has 2 aliphatic rings. The van der Waals surface area contributed by atoms with E-state index in [1.807, 2.05) is 0 Å². The third-order valence-corrected chi connectivity index (χ3v) is 3.45. The summed E-state index contributed by atoms with van der Waals surface area (Å²) in [7, 11) is 0. The van der Waals surface area contributed by atoms with Crippen LogP contribution < -0.4 is 5.32 Å². The molecule has 2 rings (SSSR count). The number of hydrogen-bond donors (Lipinski definition) is 1. The van der Waals surface area contributed by atoms with Crippen LogP contribution in [-0.4, -0.2) is 50.3 Å². The van der Waals surface area contributed by atoms with Gasteiger partial charge in [-0.2, -0.15) is 0 Å². The first-order valence-electron chi connectivity index (χ1n) is 6.56. The Balaban J connectivity index is 1.66. The predicted molar refractivity (Wildman–Crippen MR) is 66.7 cm³/mol. The van der Waals surface area contributed by atoms with Crippen LogP contribution >= 0.6 is 0 Å². The summed E-state index contributed by atoms with van der Waals surface area (Å²) in [5.74, 6) is 0. The summed E-state index contributed by atoms with van der Waals surface area (Å²) in [6.07, 6.45) is 5.29. The molecule has 0 aromatic heterocycles. The lowest BCUT2D eigenvalue weighted by atomic mass is 10.0. The molecule has 2 saturated heterocycles. The van der Waals surface area contributed by atoms with Gasteiger partial charge in [-0.25, -0.2) is 0 Å². The number of nitrogens with one attached hydrogen (secondary N) is 1. The highest BCUT2D eigenvalue weighted by molar-refractivity contribution is 5.00. The van der Waals surface area contributed by atoms with Crippen LogP contribution in [0.15, 0.2) is 12.2 Å². The lowest BCUT2D eigenvalue weighted by molar-refractivity contribution is 0.0159. The maximum absolute atomic E-state index is 5.75. The fraction of sp³-hybridized carbons (Fsp3) is 0.846. The van der Waals surface area contributed by atoms with Gasteiger partial charge in [0.25, 0.3) is 0 Å². The number of ether oxygens (including phenoxy) is 1. The zero-order chi connectivity index (χ0) is 11.2. The molecule has 2 fully saturated rings. The highest BCUT2D eigenvalue weighted by Crippen LogP contribution is 2.19. The van der Waals surface area contributed by atoms with Gasteiger partial charge in [0.2, 0.25) is 0 Å². The van der Waals surface area contributed by atoms with Crippen molar-refractivity contribution in [2.24, 2.45) is 0 Å². The predicted octanol–water partition coefficient (Wildman–Crippen LogP) is 1.41. The molecule has 1 unspecified atom stereocenters. The Kier molecular flexibility index (Phi) is 4.82. The van der Waals surface area contributed by atoms with Crippen LogP contribution in [0, 0.1) is 0 Å². The van der Waals surface area contributed by atoms with Crippen molar-refractivity contribution in [3.05, 3.63) is 12.2 Å². The van der Waals surface area contributed by atoms with Gasteiger partial charge in [0.1, 0.15) is 0 Å². The van der Waals surface area contributed by atoms with Gasteiger partial charge >= 0.3 is 0 Å². The standard InChI is InChI=1S/C13H24N2O/c1-12(10-13-4-2-3-9-16-13)11-15-7-5-14-6-8-15/h13-14H,1-11H2. The molecule has 3 nitrogen and oxygen atoms in total. The van der Waals surface area contributed by atoms with Crippen LogP contribution in [0.4, 0.5) is 0 Å². The Labute approximate surface area is 98.8 Å². The van der Waals surface area contributed by atoms with Crippen molar-refractivity contribution in [3.63, 3.8) is 0 Å². The number of hydrogen-bond acceptors (Lipinski definition) is 3. The van der Waals surface area contributed by atoms with E-state index in [-0.39, 0.29) is 0 Å². The van der Waals surface area contributed by atoms with Gasteiger partial charge in [-0.3, -0.25) is 4.90 Å². The van der Waals surface area contributed by atoms with Gasteiger partial charge < -0.3 is 10.1 Å². The molecule has 0 aliphatic carbocycles. The van der Waals surface area contributed by atoms with Crippen molar-refractivity contribution in [2.45, 2.75) is 31.8 Å². The summed E-state index contributed by atoms with van der Waals surface area (Å²) in [6, 6.07) is 0. The van der Waals surface area contributed by atoms with Crippen molar-refractivity contribution in [1.82, 2.24) is 10.2 Å². The van der Waals surface area contributed by atoms with Crippen molar-refractivity contribution in [1.29, 1.82) is 0 Å². The van der Waals surface area contributed by atoms with Crippen LogP contribution in [0.1, 0.15) is 25.7 Å². The van der Waals surface area contributed by atoms with E-state index in [0.717, 1.165) is 45.8 Å². The number of nitrogens with zero attached hydrogens (tertiary/aromatic N) is 1. The largest absolute Gasteiger partial charge is 0.378 e. The molecule has 1 N–H and O–H groups in total. The monoisotopic (exact) mass is 224 g/mol. The molecule has 0 spiro atoms. The van der Waals surface area contributed by atoms with Gasteiger partial charge in [-0.15, -0.1) is 0 Å². The van der Waals surface area contributed by atoms with E-state index in [4.69, 9.17) is 4.74 Å². The lowest BCUT2D eigenvalue weighted by Gasteiger charge is -2.29. The molecule has 1 atom stereocenters. The smallest absolute Gasteiger partial charge is 0.0612 e. The molecular weight excluding hydrogens is 200 g/mol. The summed E-state index contributed by atoms with van der Waals surface area (Å²) >= 11 is 0. The van der Waals surface area contributed by atoms with E-state index in [9.17, 15) is 0 Å². The van der Waals surface area contributed by atoms with E-state index in [1.165, 1.54) is 24.8 Å². The molecule has 0 radical (unpaired) electrons. The molecule has 0 bridgehead atoms. The summed E-state index contributed by atoms with van der Waals surface area (Å²) in [6.45, 7) is 10.8. The third-order valence-electron chi connectivity index (χ3n) is 3.45. The molecule has 3 heteroatoms. The molecular formula is C13H24N2O. The van der Waals surface area contributed by atoms with Gasteiger partial charge in [0, 0.05) is 39.3 Å². The molecule has 0 amide bonds. The Hall–Kier alpha value is -0.380. The first kappa shape index (κ1) is 12.1. The number of piperazine rings is 1. The fourth-order valence-electron chi connectivity index (χ4n) is 2.54. The van der Waals surface area contributed by atoms with Crippen molar-refractivity contribution >= 4 is 0 Å². The van der Waals surface area contributed by atoms with E-state index in [2.05, 4.69) is 16.8 Å². The second kappa shape index (κ2) is 6.38. The zero-order valence-electron chi connectivity index (χ0n) is 10.2. The number of rotatable bonds is 4. The molecule has 2 heterocycles. The van der Waals surface area contributed by atoms with Crippen molar-refractivity contribution in [3.8, 4) is 0 Å². The average Bonchev–Trinajstić information content (AvgIpc) is 2.31. The second-order valence-corrected chi connectivity index (χ2v) is 4.97. The lowest BCUT2D eigenvalue weighted by Crippen LogP contribution is -2.44. The van der Waals surface area contributed by atoms with Crippen LogP contribution in [0.5, 0.6) is 0 Å². The molecule has 92 valence electrons. The highest BCUT2D eigenvalue weighted by Gasteiger charge is 2.16. The first-order chi connectivity index (χ1) is 7.84. The van der Waals surface area contributed by atoms with Gasteiger partial charge in [0.05, 0.1) is 6.10 Å². The van der Waals surface area contributed by atoms with Crippen LogP contribution in [0.2, 0.25) is 0 Å². The van der Waals surface area contributed by atoms with Crippen LogP contribution in [0.3, 0.4) is 0 Å². The fourth-order valence-corrected chi connectivity index (χ4v) is 2.54. The molecule has 2 aliphatic heterocycles. The summed E-state index contributed by atoms with van der Waals surface area (Å²) in [5, 5.41) is 3.37. The average molecular weight is 224 g/mol. The van der Waals surface area contributed by atoms with Gasteiger partial charge in [-0.1, -0.05) is 12.2 Å². The van der Waals surface area contributed by atoms with Crippen molar-refractivity contribution < 1.29 is 4.74 Å². The normalized spacial score (nSPS) is 27.9. The Morgan fingerprint density at radius 1 is 1.31 bits per heavy atom. The highest BCUT2D eigenvalue weighted by atomic mass is 16.5. The summed E-state index contributed by atoms with van der Waals surface area (Å²) in [4.78, 5) is 2.49. The molecule has 0 aromatic rings. The Morgan fingerprint density at radius 3 is 2.81 bits per heavy atom. The quantitative estimate of drug-likeness (QED) is 0.731.